The topological polar surface area (TPSA) is 69.5 Å². The van der Waals surface area contributed by atoms with Crippen molar-refractivity contribution in [1.29, 1.82) is 0 Å². The van der Waals surface area contributed by atoms with Crippen molar-refractivity contribution in [2.45, 2.75) is 12.5 Å². The SMILES string of the molecule is O=C(/C=C/c1ccc2c(c1)OCO2)N1CC[C@@H](n2ccnn2)C1. The number of nitrogens with zero attached hydrogens (tertiary/aromatic N) is 4. The highest BCUT2D eigenvalue weighted by molar-refractivity contribution is 5.92. The minimum absolute atomic E-state index is 0.00489. The van der Waals surface area contributed by atoms with Crippen LogP contribution in [0.15, 0.2) is 36.7 Å². The second-order valence-corrected chi connectivity index (χ2v) is 5.56. The van der Waals surface area contributed by atoms with Gasteiger partial charge in [0.15, 0.2) is 11.5 Å². The number of amides is 1. The Morgan fingerprint density at radius 3 is 3.09 bits per heavy atom. The van der Waals surface area contributed by atoms with Crippen LogP contribution in [0.5, 0.6) is 11.5 Å². The van der Waals surface area contributed by atoms with E-state index in [9.17, 15) is 4.79 Å². The molecule has 1 fully saturated rings. The maximum atomic E-state index is 12.3. The highest BCUT2D eigenvalue weighted by Crippen LogP contribution is 2.32. The Hall–Kier alpha value is -2.83. The van der Waals surface area contributed by atoms with E-state index in [0.717, 1.165) is 24.3 Å². The third-order valence-electron chi connectivity index (χ3n) is 4.11. The van der Waals surface area contributed by atoms with Crippen LogP contribution >= 0.6 is 0 Å². The molecule has 0 unspecified atom stereocenters. The van der Waals surface area contributed by atoms with Gasteiger partial charge in [0.05, 0.1) is 12.2 Å². The molecule has 118 valence electrons. The minimum atomic E-state index is 0.00489. The second kappa shape index (κ2) is 5.75. The maximum absolute atomic E-state index is 12.3. The Bertz CT molecular complexity index is 742. The minimum Gasteiger partial charge on any atom is -0.454 e. The average molecular weight is 312 g/mol. The van der Waals surface area contributed by atoms with Gasteiger partial charge in [0, 0.05) is 25.4 Å². The molecule has 7 nitrogen and oxygen atoms in total. The Labute approximate surface area is 133 Å². The normalized spacial score (nSPS) is 19.7. The summed E-state index contributed by atoms with van der Waals surface area (Å²) in [6.07, 6.45) is 7.78. The summed E-state index contributed by atoms with van der Waals surface area (Å²) in [7, 11) is 0. The van der Waals surface area contributed by atoms with E-state index in [2.05, 4.69) is 10.3 Å². The molecule has 4 rings (SSSR count). The zero-order valence-corrected chi connectivity index (χ0v) is 12.5. The molecule has 1 atom stereocenters. The largest absolute Gasteiger partial charge is 0.454 e. The van der Waals surface area contributed by atoms with Crippen LogP contribution in [0.2, 0.25) is 0 Å². The predicted molar refractivity (Wildman–Crippen MR) is 81.9 cm³/mol. The Balaban J connectivity index is 1.40. The molecule has 0 radical (unpaired) electrons. The zero-order chi connectivity index (χ0) is 15.6. The molecule has 2 aromatic rings. The number of rotatable bonds is 3. The van der Waals surface area contributed by atoms with Gasteiger partial charge in [-0.25, -0.2) is 4.68 Å². The van der Waals surface area contributed by atoms with E-state index in [0.29, 0.717) is 12.3 Å². The van der Waals surface area contributed by atoms with E-state index >= 15 is 0 Å². The molecular weight excluding hydrogens is 296 g/mol. The predicted octanol–water partition coefficient (Wildman–Crippen LogP) is 1.49. The van der Waals surface area contributed by atoms with E-state index in [4.69, 9.17) is 9.47 Å². The highest BCUT2D eigenvalue weighted by Gasteiger charge is 2.26. The summed E-state index contributed by atoms with van der Waals surface area (Å²) < 4.78 is 12.4. The molecule has 0 saturated carbocycles. The smallest absolute Gasteiger partial charge is 0.246 e. The van der Waals surface area contributed by atoms with Crippen LogP contribution in [0.4, 0.5) is 0 Å². The first kappa shape index (κ1) is 13.8. The first-order chi connectivity index (χ1) is 11.3. The van der Waals surface area contributed by atoms with E-state index in [1.54, 1.807) is 18.3 Å². The van der Waals surface area contributed by atoms with Gasteiger partial charge in [-0.15, -0.1) is 5.10 Å². The molecule has 23 heavy (non-hydrogen) atoms. The number of hydrogen-bond acceptors (Lipinski definition) is 5. The molecule has 1 amide bonds. The van der Waals surface area contributed by atoms with Crippen LogP contribution in [0.3, 0.4) is 0 Å². The van der Waals surface area contributed by atoms with Crippen LogP contribution < -0.4 is 9.47 Å². The van der Waals surface area contributed by atoms with Crippen molar-refractivity contribution in [2.75, 3.05) is 19.9 Å². The van der Waals surface area contributed by atoms with E-state index in [1.165, 1.54) is 0 Å². The van der Waals surface area contributed by atoms with Gasteiger partial charge in [-0.05, 0) is 30.2 Å². The van der Waals surface area contributed by atoms with Gasteiger partial charge in [-0.1, -0.05) is 11.3 Å². The summed E-state index contributed by atoms with van der Waals surface area (Å²) in [5, 5.41) is 7.82. The van der Waals surface area contributed by atoms with Crippen molar-refractivity contribution in [3.8, 4) is 11.5 Å². The molecule has 1 saturated heterocycles. The molecule has 1 aromatic heterocycles. The lowest BCUT2D eigenvalue weighted by atomic mass is 10.2. The lowest BCUT2D eigenvalue weighted by Crippen LogP contribution is -2.27. The number of benzene rings is 1. The summed E-state index contributed by atoms with van der Waals surface area (Å²) in [6.45, 7) is 1.64. The summed E-state index contributed by atoms with van der Waals surface area (Å²) in [4.78, 5) is 14.1. The van der Waals surface area contributed by atoms with Crippen molar-refractivity contribution >= 4 is 12.0 Å². The molecule has 3 heterocycles. The van der Waals surface area contributed by atoms with Crippen LogP contribution in [0.1, 0.15) is 18.0 Å². The molecule has 0 bridgehead atoms. The van der Waals surface area contributed by atoms with Gasteiger partial charge in [0.25, 0.3) is 0 Å². The van der Waals surface area contributed by atoms with Crippen LogP contribution in [-0.2, 0) is 4.79 Å². The number of aromatic nitrogens is 3. The van der Waals surface area contributed by atoms with Crippen molar-refractivity contribution < 1.29 is 14.3 Å². The Kier molecular flexibility index (Phi) is 3.45. The van der Waals surface area contributed by atoms with Crippen molar-refractivity contribution in [3.63, 3.8) is 0 Å². The van der Waals surface area contributed by atoms with Crippen LogP contribution in [-0.4, -0.2) is 45.7 Å². The van der Waals surface area contributed by atoms with Gasteiger partial charge in [-0.3, -0.25) is 4.79 Å². The average Bonchev–Trinajstić information content (AvgIpc) is 3.32. The summed E-state index contributed by atoms with van der Waals surface area (Å²) in [6, 6.07) is 5.83. The lowest BCUT2D eigenvalue weighted by molar-refractivity contribution is -0.125. The van der Waals surface area contributed by atoms with Gasteiger partial charge in [0.2, 0.25) is 12.7 Å². The number of carbonyl (C=O) groups excluding carboxylic acids is 1. The van der Waals surface area contributed by atoms with Crippen molar-refractivity contribution in [2.24, 2.45) is 0 Å². The van der Waals surface area contributed by atoms with Crippen molar-refractivity contribution in [1.82, 2.24) is 19.9 Å². The third kappa shape index (κ3) is 2.77. The van der Waals surface area contributed by atoms with Gasteiger partial charge in [-0.2, -0.15) is 0 Å². The number of fused-ring (bicyclic) bond motifs is 1. The second-order valence-electron chi connectivity index (χ2n) is 5.56. The highest BCUT2D eigenvalue weighted by atomic mass is 16.7. The fourth-order valence-electron chi connectivity index (χ4n) is 2.86. The first-order valence-electron chi connectivity index (χ1n) is 7.52. The number of carbonyl (C=O) groups is 1. The Morgan fingerprint density at radius 2 is 2.22 bits per heavy atom. The van der Waals surface area contributed by atoms with E-state index < -0.39 is 0 Å². The van der Waals surface area contributed by atoms with Gasteiger partial charge < -0.3 is 14.4 Å². The lowest BCUT2D eigenvalue weighted by Gasteiger charge is -2.14. The van der Waals surface area contributed by atoms with Crippen LogP contribution in [0, 0.1) is 0 Å². The molecular formula is C16H16N4O3. The van der Waals surface area contributed by atoms with E-state index in [-0.39, 0.29) is 18.7 Å². The quantitative estimate of drug-likeness (QED) is 0.803. The van der Waals surface area contributed by atoms with Crippen molar-refractivity contribution in [3.05, 3.63) is 42.2 Å². The number of likely N-dealkylation sites (tertiary alicyclic amines) is 1. The third-order valence-corrected chi connectivity index (χ3v) is 4.11. The zero-order valence-electron chi connectivity index (χ0n) is 12.5. The molecule has 0 N–H and O–H groups in total. The molecule has 0 aliphatic carbocycles. The molecule has 1 aromatic carbocycles. The van der Waals surface area contributed by atoms with Crippen LogP contribution in [0.25, 0.3) is 6.08 Å². The summed E-state index contributed by atoms with van der Waals surface area (Å²) in [5.74, 6) is 1.46. The van der Waals surface area contributed by atoms with E-state index in [1.807, 2.05) is 34.0 Å². The number of hydrogen-bond donors (Lipinski definition) is 0. The standard InChI is InChI=1S/C16H16N4O3/c21-16(19-7-5-13(10-19)20-8-6-17-18-20)4-2-12-1-3-14-15(9-12)23-11-22-14/h1-4,6,8-9,13H,5,7,10-11H2/b4-2+/t13-/m1/s1. The molecule has 7 heteroatoms. The van der Waals surface area contributed by atoms with Gasteiger partial charge in [0.1, 0.15) is 0 Å². The fourth-order valence-corrected chi connectivity index (χ4v) is 2.86. The fraction of sp³-hybridized carbons (Fsp3) is 0.312. The summed E-state index contributed by atoms with van der Waals surface area (Å²) >= 11 is 0. The molecule has 2 aliphatic heterocycles. The Morgan fingerprint density at radius 1 is 1.30 bits per heavy atom. The number of ether oxygens (including phenoxy) is 2. The molecule has 0 spiro atoms. The first-order valence-corrected chi connectivity index (χ1v) is 7.52. The summed E-state index contributed by atoms with van der Waals surface area (Å²) in [5.41, 5.74) is 0.912. The monoisotopic (exact) mass is 312 g/mol. The molecule has 2 aliphatic rings. The maximum Gasteiger partial charge on any atom is 0.246 e. The van der Waals surface area contributed by atoms with Gasteiger partial charge >= 0.3 is 0 Å².